The molecule has 0 spiro atoms. The van der Waals surface area contributed by atoms with Crippen LogP contribution in [-0.4, -0.2) is 48.3 Å². The van der Waals surface area contributed by atoms with Crippen LogP contribution < -0.4 is 21.5 Å². The Balaban J connectivity index is 5.11. The normalized spacial score (nSPS) is 13.3. The summed E-state index contributed by atoms with van der Waals surface area (Å²) in [5, 5.41) is 5.19. The zero-order valence-corrected chi connectivity index (χ0v) is 18.7. The van der Waals surface area contributed by atoms with Gasteiger partial charge in [-0.25, -0.2) is 15.0 Å². The predicted octanol–water partition coefficient (Wildman–Crippen LogP) is 1.84. The smallest absolute Gasteiger partial charge is 0.426 e. The van der Waals surface area contributed by atoms with Gasteiger partial charge in [0.05, 0.1) is 6.61 Å². The summed E-state index contributed by atoms with van der Waals surface area (Å²) in [7, 11) is 0. The van der Waals surface area contributed by atoms with Gasteiger partial charge in [-0.1, -0.05) is 27.7 Å². The molecule has 0 saturated carbocycles. The number of hydrazine groups is 1. The number of amides is 4. The second kappa shape index (κ2) is 12.1. The van der Waals surface area contributed by atoms with Crippen molar-refractivity contribution < 1.29 is 28.7 Å². The Morgan fingerprint density at radius 3 is 1.90 bits per heavy atom. The van der Waals surface area contributed by atoms with Crippen molar-refractivity contribution in [3.63, 3.8) is 0 Å². The van der Waals surface area contributed by atoms with Crippen LogP contribution in [0.5, 0.6) is 0 Å². The Hall–Kier alpha value is -2.52. The Bertz CT molecular complexity index is 572. The third-order valence-corrected chi connectivity index (χ3v) is 3.52. The summed E-state index contributed by atoms with van der Waals surface area (Å²) in [6.07, 6.45) is -1.16. The monoisotopic (exact) mass is 416 g/mol. The van der Waals surface area contributed by atoms with Crippen molar-refractivity contribution in [3.8, 4) is 0 Å². The predicted molar refractivity (Wildman–Crippen MR) is 108 cm³/mol. The standard InChI is InChI=1S/C19H36N4O6/c1-9-28-18(27)23-22-16(25)14(12(4)5)21-15(24)13(10-11(2)3)20-17(26)29-19(6,7)8/h11-14H,9-10H2,1-8H3,(H,20,26)(H,21,24)(H,22,25)(H,23,27)/t13-,14-/m0/s1. The number of rotatable bonds is 8. The van der Waals surface area contributed by atoms with Crippen molar-refractivity contribution in [1.29, 1.82) is 0 Å². The van der Waals surface area contributed by atoms with Crippen LogP contribution >= 0.6 is 0 Å². The SMILES string of the molecule is CCOC(=O)NNC(=O)[C@@H](NC(=O)[C@H](CC(C)C)NC(=O)OC(C)(C)C)C(C)C. The first-order chi connectivity index (χ1) is 13.3. The lowest BCUT2D eigenvalue weighted by Crippen LogP contribution is -2.58. The van der Waals surface area contributed by atoms with E-state index >= 15 is 0 Å². The van der Waals surface area contributed by atoms with Crippen LogP contribution in [0.15, 0.2) is 0 Å². The molecule has 0 aromatic carbocycles. The number of alkyl carbamates (subject to hydrolysis) is 1. The fraction of sp³-hybridized carbons (Fsp3) is 0.789. The lowest BCUT2D eigenvalue weighted by atomic mass is 10.00. The van der Waals surface area contributed by atoms with Crippen LogP contribution in [0.1, 0.15) is 61.8 Å². The molecule has 0 aliphatic carbocycles. The maximum Gasteiger partial charge on any atom is 0.426 e. The molecule has 10 heteroatoms. The van der Waals surface area contributed by atoms with Crippen molar-refractivity contribution in [2.24, 2.45) is 11.8 Å². The fourth-order valence-electron chi connectivity index (χ4n) is 2.30. The van der Waals surface area contributed by atoms with Crippen molar-refractivity contribution in [2.75, 3.05) is 6.61 Å². The van der Waals surface area contributed by atoms with Gasteiger partial charge in [0.15, 0.2) is 0 Å². The molecular formula is C19H36N4O6. The first-order valence-corrected chi connectivity index (χ1v) is 9.79. The molecule has 168 valence electrons. The highest BCUT2D eigenvalue weighted by Gasteiger charge is 2.30. The largest absolute Gasteiger partial charge is 0.449 e. The van der Waals surface area contributed by atoms with Crippen molar-refractivity contribution in [1.82, 2.24) is 21.5 Å². The lowest BCUT2D eigenvalue weighted by molar-refractivity contribution is -0.131. The molecule has 0 heterocycles. The first-order valence-electron chi connectivity index (χ1n) is 9.79. The summed E-state index contributed by atoms with van der Waals surface area (Å²) in [6.45, 7) is 14.3. The van der Waals surface area contributed by atoms with Crippen molar-refractivity contribution in [2.45, 2.75) is 79.5 Å². The van der Waals surface area contributed by atoms with Gasteiger partial charge in [0.2, 0.25) is 5.91 Å². The molecule has 10 nitrogen and oxygen atoms in total. The van der Waals surface area contributed by atoms with E-state index in [1.54, 1.807) is 41.5 Å². The lowest BCUT2D eigenvalue weighted by Gasteiger charge is -2.27. The summed E-state index contributed by atoms with van der Waals surface area (Å²) < 4.78 is 9.88. The summed E-state index contributed by atoms with van der Waals surface area (Å²) in [4.78, 5) is 48.6. The fourth-order valence-corrected chi connectivity index (χ4v) is 2.30. The van der Waals surface area contributed by atoms with E-state index in [2.05, 4.69) is 26.2 Å². The van der Waals surface area contributed by atoms with E-state index in [1.165, 1.54) is 0 Å². The van der Waals surface area contributed by atoms with Gasteiger partial charge in [-0.15, -0.1) is 0 Å². The third-order valence-electron chi connectivity index (χ3n) is 3.52. The molecule has 0 unspecified atom stereocenters. The average Bonchev–Trinajstić information content (AvgIpc) is 2.54. The van der Waals surface area contributed by atoms with Crippen LogP contribution in [0.4, 0.5) is 9.59 Å². The van der Waals surface area contributed by atoms with E-state index in [0.717, 1.165) is 0 Å². The Kier molecular flexibility index (Phi) is 11.1. The second-order valence-electron chi connectivity index (χ2n) is 8.39. The van der Waals surface area contributed by atoms with E-state index in [9.17, 15) is 19.2 Å². The van der Waals surface area contributed by atoms with Crippen LogP contribution in [0.25, 0.3) is 0 Å². The minimum atomic E-state index is -0.931. The molecule has 0 aliphatic heterocycles. The van der Waals surface area contributed by atoms with Gasteiger partial charge in [0, 0.05) is 0 Å². The van der Waals surface area contributed by atoms with Crippen LogP contribution in [-0.2, 0) is 19.1 Å². The van der Waals surface area contributed by atoms with E-state index in [-0.39, 0.29) is 18.4 Å². The average molecular weight is 417 g/mol. The van der Waals surface area contributed by atoms with Crippen LogP contribution in [0, 0.1) is 11.8 Å². The van der Waals surface area contributed by atoms with Crippen LogP contribution in [0.3, 0.4) is 0 Å². The molecule has 0 aliphatic rings. The van der Waals surface area contributed by atoms with Gasteiger partial charge in [-0.2, -0.15) is 0 Å². The second-order valence-corrected chi connectivity index (χ2v) is 8.39. The summed E-state index contributed by atoms with van der Waals surface area (Å²) in [5.74, 6) is -1.29. The molecule has 0 aromatic rings. The van der Waals surface area contributed by atoms with Gasteiger partial charge < -0.3 is 20.1 Å². The molecule has 0 bridgehead atoms. The number of carbonyl (C=O) groups excluding carboxylic acids is 4. The maximum absolute atomic E-state index is 12.8. The quantitative estimate of drug-likeness (QED) is 0.446. The summed E-state index contributed by atoms with van der Waals surface area (Å²) in [5.41, 5.74) is 3.62. The Morgan fingerprint density at radius 1 is 0.862 bits per heavy atom. The number of nitrogens with one attached hydrogen (secondary N) is 4. The summed E-state index contributed by atoms with van der Waals surface area (Å²) in [6, 6.07) is -1.81. The summed E-state index contributed by atoms with van der Waals surface area (Å²) >= 11 is 0. The van der Waals surface area contributed by atoms with Gasteiger partial charge >= 0.3 is 12.2 Å². The van der Waals surface area contributed by atoms with E-state index in [1.807, 2.05) is 13.8 Å². The Morgan fingerprint density at radius 2 is 1.45 bits per heavy atom. The minimum Gasteiger partial charge on any atom is -0.449 e. The molecule has 4 amide bonds. The molecule has 29 heavy (non-hydrogen) atoms. The zero-order chi connectivity index (χ0) is 22.8. The Labute approximate surface area is 172 Å². The van der Waals surface area contributed by atoms with Gasteiger partial charge in [0.1, 0.15) is 17.7 Å². The minimum absolute atomic E-state index is 0.109. The maximum atomic E-state index is 12.8. The van der Waals surface area contributed by atoms with Crippen molar-refractivity contribution >= 4 is 24.0 Å². The van der Waals surface area contributed by atoms with E-state index in [0.29, 0.717) is 6.42 Å². The van der Waals surface area contributed by atoms with Gasteiger partial charge in [-0.05, 0) is 46.0 Å². The third kappa shape index (κ3) is 11.8. The van der Waals surface area contributed by atoms with E-state index < -0.39 is 41.7 Å². The molecule has 0 radical (unpaired) electrons. The molecule has 4 N–H and O–H groups in total. The molecule has 0 aromatic heterocycles. The number of hydrogen-bond donors (Lipinski definition) is 4. The number of carbonyl (C=O) groups is 4. The zero-order valence-electron chi connectivity index (χ0n) is 18.7. The highest BCUT2D eigenvalue weighted by molar-refractivity contribution is 5.91. The van der Waals surface area contributed by atoms with Gasteiger partial charge in [-0.3, -0.25) is 15.0 Å². The number of ether oxygens (including phenoxy) is 2. The first kappa shape index (κ1) is 26.5. The van der Waals surface area contributed by atoms with Crippen molar-refractivity contribution in [3.05, 3.63) is 0 Å². The molecular weight excluding hydrogens is 380 g/mol. The van der Waals surface area contributed by atoms with Gasteiger partial charge in [0.25, 0.3) is 5.91 Å². The highest BCUT2D eigenvalue weighted by Crippen LogP contribution is 2.11. The molecule has 0 rings (SSSR count). The molecule has 0 saturated heterocycles. The van der Waals surface area contributed by atoms with Crippen LogP contribution in [0.2, 0.25) is 0 Å². The highest BCUT2D eigenvalue weighted by atomic mass is 16.6. The molecule has 0 fully saturated rings. The number of hydrogen-bond acceptors (Lipinski definition) is 6. The molecule has 2 atom stereocenters. The topological polar surface area (TPSA) is 135 Å². The van der Waals surface area contributed by atoms with E-state index in [4.69, 9.17) is 4.74 Å².